The van der Waals surface area contributed by atoms with Gasteiger partial charge in [-0.1, -0.05) is 142 Å². The molecule has 0 aromatic carbocycles. The molecule has 2 unspecified atom stereocenters. The minimum Gasteiger partial charge on any atom is -0.466 e. The van der Waals surface area contributed by atoms with Crippen molar-refractivity contribution in [3.63, 3.8) is 0 Å². The van der Waals surface area contributed by atoms with Gasteiger partial charge >= 0.3 is 11.9 Å². The van der Waals surface area contributed by atoms with E-state index < -0.39 is 0 Å². The second kappa shape index (κ2) is 34.7. The lowest BCUT2D eigenvalue weighted by Crippen LogP contribution is -2.24. The largest absolute Gasteiger partial charge is 0.466 e. The summed E-state index contributed by atoms with van der Waals surface area (Å²) in [5, 5.41) is 0. The van der Waals surface area contributed by atoms with Gasteiger partial charge in [-0.2, -0.15) is 0 Å². The van der Waals surface area contributed by atoms with E-state index in [1.54, 1.807) is 0 Å². The summed E-state index contributed by atoms with van der Waals surface area (Å²) in [5.74, 6) is -0.394. The number of rotatable bonds is 16. The lowest BCUT2D eigenvalue weighted by atomic mass is 9.79. The van der Waals surface area contributed by atoms with Gasteiger partial charge < -0.3 is 19.1 Å². The Labute approximate surface area is 321 Å². The molecule has 1 fully saturated rings. The number of ether oxygens (including phenoxy) is 3. The molecule has 6 nitrogen and oxygen atoms in total. The number of carbonyl (C=O) groups is 2. The Morgan fingerprint density at radius 3 is 1.60 bits per heavy atom. The molecule has 1 aliphatic rings. The fourth-order valence-electron chi connectivity index (χ4n) is 7.46. The van der Waals surface area contributed by atoms with Crippen LogP contribution in [0.15, 0.2) is 29.3 Å². The molecule has 0 aromatic heterocycles. The van der Waals surface area contributed by atoms with Gasteiger partial charge in [-0.25, -0.2) is 0 Å². The van der Waals surface area contributed by atoms with Gasteiger partial charge in [0.15, 0.2) is 0 Å². The van der Waals surface area contributed by atoms with E-state index in [9.17, 15) is 9.59 Å². The summed E-state index contributed by atoms with van der Waals surface area (Å²) in [6.45, 7) is 17.8. The first-order valence-electron chi connectivity index (χ1n) is 22.0. The molecule has 0 radical (unpaired) electrons. The lowest BCUT2D eigenvalue weighted by molar-refractivity contribution is -0.145. The first-order valence-corrected chi connectivity index (χ1v) is 22.0. The van der Waals surface area contributed by atoms with Crippen LogP contribution in [0.3, 0.4) is 0 Å². The van der Waals surface area contributed by atoms with Gasteiger partial charge in [0.2, 0.25) is 0 Å². The number of hydrogen-bond acceptors (Lipinski definition) is 6. The molecule has 1 heterocycles. The van der Waals surface area contributed by atoms with E-state index in [2.05, 4.69) is 56.4 Å². The molecule has 0 saturated carbocycles. The molecule has 0 aliphatic carbocycles. The second-order valence-electron chi connectivity index (χ2n) is 15.2. The third-order valence-electron chi connectivity index (χ3n) is 10.8. The second-order valence-corrected chi connectivity index (χ2v) is 15.2. The van der Waals surface area contributed by atoms with Crippen LogP contribution in [-0.2, 0) is 23.8 Å². The van der Waals surface area contributed by atoms with Gasteiger partial charge in [-0.15, -0.1) is 0 Å². The highest BCUT2D eigenvalue weighted by Gasteiger charge is 2.28. The molecule has 1 saturated heterocycles. The molecule has 2 atom stereocenters. The quantitative estimate of drug-likeness (QED) is 0.0896. The van der Waals surface area contributed by atoms with E-state index >= 15 is 0 Å². The summed E-state index contributed by atoms with van der Waals surface area (Å²) in [4.78, 5) is 28.9. The summed E-state index contributed by atoms with van der Waals surface area (Å²) in [5.41, 5.74) is 10.0. The van der Waals surface area contributed by atoms with Crippen LogP contribution >= 0.6 is 0 Å². The van der Waals surface area contributed by atoms with Crippen LogP contribution in [0.4, 0.5) is 0 Å². The van der Waals surface area contributed by atoms with Gasteiger partial charge in [0, 0.05) is 6.61 Å². The van der Waals surface area contributed by atoms with E-state index in [0.717, 1.165) is 122 Å². The van der Waals surface area contributed by atoms with Gasteiger partial charge in [0.05, 0.1) is 32.2 Å². The predicted molar refractivity (Wildman–Crippen MR) is 217 cm³/mol. The molecular weight excluding hydrogens is 647 g/mol. The van der Waals surface area contributed by atoms with Crippen molar-refractivity contribution in [3.8, 4) is 0 Å². The van der Waals surface area contributed by atoms with Crippen LogP contribution < -0.4 is 0 Å². The Kier molecular flexibility index (Phi) is 32.0. The van der Waals surface area contributed by atoms with Gasteiger partial charge in [0.25, 0.3) is 0 Å². The number of unbranched alkanes of at least 4 members (excludes halogenated alkanes) is 5. The minimum absolute atomic E-state index is 0.0434. The summed E-state index contributed by atoms with van der Waals surface area (Å²) in [7, 11) is 0. The van der Waals surface area contributed by atoms with Crippen molar-refractivity contribution >= 4 is 11.9 Å². The molecule has 0 bridgehead atoms. The highest BCUT2D eigenvalue weighted by molar-refractivity contribution is 5.71. The number of cyclic esters (lactones) is 2. The number of allylic oxidation sites excluding steroid dienone is 1. The first-order chi connectivity index (χ1) is 25.5. The van der Waals surface area contributed by atoms with Gasteiger partial charge in [-0.05, 0) is 101 Å². The number of hydrogen-bond donors (Lipinski definition) is 0. The molecule has 0 amide bonds. The average Bonchev–Trinajstić information content (AvgIpc) is 3.14. The van der Waals surface area contributed by atoms with E-state index in [1.807, 2.05) is 0 Å². The maximum Gasteiger partial charge on any atom is 0.306 e. The van der Waals surface area contributed by atoms with E-state index in [-0.39, 0.29) is 23.8 Å². The summed E-state index contributed by atoms with van der Waals surface area (Å²) >= 11 is 0. The predicted octanol–water partition coefficient (Wildman–Crippen LogP) is 12.2. The van der Waals surface area contributed by atoms with Crippen LogP contribution in [0.25, 0.3) is 0 Å². The van der Waals surface area contributed by atoms with Crippen LogP contribution in [0.5, 0.6) is 0 Å². The van der Waals surface area contributed by atoms with Crippen molar-refractivity contribution < 1.29 is 23.8 Å². The van der Waals surface area contributed by atoms with Gasteiger partial charge in [0.1, 0.15) is 0 Å². The fraction of sp³-hybridized carbons (Fsp3) is 0.848. The highest BCUT2D eigenvalue weighted by Crippen LogP contribution is 2.33. The monoisotopic (exact) mass is 728 g/mol. The maximum absolute atomic E-state index is 13.2. The Bertz CT molecular complexity index is 950. The van der Waals surface area contributed by atoms with Crippen molar-refractivity contribution in [2.75, 3.05) is 39.5 Å². The SMILES string of the molecule is C=C=C=C=C1C(CCCCC)CC(=O)OCCCCCCCCC(OCCCCN(CC)CC)CCCCCCCCOC(=O)CC1CCCCC. The van der Waals surface area contributed by atoms with Gasteiger partial charge in [-0.3, -0.25) is 9.59 Å². The van der Waals surface area contributed by atoms with Crippen LogP contribution in [0, 0.1) is 11.8 Å². The van der Waals surface area contributed by atoms with Crippen LogP contribution in [0.2, 0.25) is 0 Å². The fourth-order valence-corrected chi connectivity index (χ4v) is 7.46. The van der Waals surface area contributed by atoms with Crippen molar-refractivity contribution in [1.29, 1.82) is 0 Å². The zero-order chi connectivity index (χ0) is 37.9. The molecule has 300 valence electrons. The molecular formula is C46H81NO5. The zero-order valence-corrected chi connectivity index (χ0v) is 34.6. The van der Waals surface area contributed by atoms with Crippen molar-refractivity contribution in [2.45, 2.75) is 201 Å². The van der Waals surface area contributed by atoms with E-state index in [1.165, 1.54) is 64.3 Å². The van der Waals surface area contributed by atoms with Crippen molar-refractivity contribution in [1.82, 2.24) is 4.90 Å². The Balaban J connectivity index is 2.90. The van der Waals surface area contributed by atoms with Crippen LogP contribution in [-0.4, -0.2) is 62.4 Å². The minimum atomic E-state index is -0.154. The summed E-state index contributed by atoms with van der Waals surface area (Å²) < 4.78 is 18.1. The molecule has 6 heteroatoms. The molecule has 1 aliphatic heterocycles. The Morgan fingerprint density at radius 2 is 1.13 bits per heavy atom. The highest BCUT2D eigenvalue weighted by atomic mass is 16.5. The smallest absolute Gasteiger partial charge is 0.306 e. The number of esters is 2. The standard InChI is InChI=1S/C46H81NO5/c1-6-11-22-30-41-39-45(48)51-37-27-20-16-14-18-24-32-43(50-36-29-26-35-47(9-4)10-5)33-25-19-15-17-21-28-38-52-46(49)40-42(31-23-12-7-2)44(41)34-13-8-3/h41-43H,3,6-7,9-12,14-33,35-40H2,1-2,4-5H3. The third kappa shape index (κ3) is 25.8. The summed E-state index contributed by atoms with van der Waals surface area (Å²) in [6.07, 6.45) is 27.6. The molecule has 1 rings (SSSR count). The third-order valence-corrected chi connectivity index (χ3v) is 10.8. The molecule has 0 N–H and O–H groups in total. The van der Waals surface area contributed by atoms with Crippen molar-refractivity contribution in [2.24, 2.45) is 11.8 Å². The van der Waals surface area contributed by atoms with E-state index in [0.29, 0.717) is 32.2 Å². The first kappa shape index (κ1) is 48.0. The number of nitrogens with zero attached hydrogens (tertiary/aromatic N) is 1. The van der Waals surface area contributed by atoms with Crippen molar-refractivity contribution in [3.05, 3.63) is 29.3 Å². The summed E-state index contributed by atoms with van der Waals surface area (Å²) in [6, 6.07) is 0. The molecule has 0 spiro atoms. The topological polar surface area (TPSA) is 65.1 Å². The lowest BCUT2D eigenvalue weighted by Gasteiger charge is -2.25. The normalized spacial score (nSPS) is 21.8. The average molecular weight is 728 g/mol. The zero-order valence-electron chi connectivity index (χ0n) is 34.6. The van der Waals surface area contributed by atoms with Crippen LogP contribution in [0.1, 0.15) is 195 Å². The Hall–Kier alpha value is -2.06. The molecule has 52 heavy (non-hydrogen) atoms. The Morgan fingerprint density at radius 1 is 0.654 bits per heavy atom. The maximum atomic E-state index is 13.2. The van der Waals surface area contributed by atoms with E-state index in [4.69, 9.17) is 14.2 Å². The molecule has 0 aromatic rings. The number of carbonyl (C=O) groups excluding carboxylic acids is 2.